The van der Waals surface area contributed by atoms with Crippen molar-refractivity contribution < 1.29 is 9.90 Å². The number of aliphatic carboxylic acids is 1. The van der Waals surface area contributed by atoms with Crippen molar-refractivity contribution in [2.75, 3.05) is 19.6 Å². The molecular formula is C11H19NO2. The van der Waals surface area contributed by atoms with E-state index in [1.165, 1.54) is 25.7 Å². The van der Waals surface area contributed by atoms with Crippen molar-refractivity contribution in [3.63, 3.8) is 0 Å². The standard InChI is InChI=1S/C11H19NO2/c13-10(14)11(5-6-11)9-12-7-3-1-2-4-8-12/h1-9H2,(H,13,14). The van der Waals surface area contributed by atoms with Gasteiger partial charge in [0.25, 0.3) is 0 Å². The Bertz CT molecular complexity index is 215. The Labute approximate surface area is 85.1 Å². The quantitative estimate of drug-likeness (QED) is 0.749. The molecule has 0 unspecified atom stereocenters. The second-order valence-corrected chi connectivity index (χ2v) is 4.78. The van der Waals surface area contributed by atoms with Crippen molar-refractivity contribution in [1.82, 2.24) is 4.90 Å². The van der Waals surface area contributed by atoms with Gasteiger partial charge < -0.3 is 10.0 Å². The Kier molecular flexibility index (Phi) is 2.77. The van der Waals surface area contributed by atoms with Crippen LogP contribution in [0.15, 0.2) is 0 Å². The van der Waals surface area contributed by atoms with Gasteiger partial charge in [-0.1, -0.05) is 12.8 Å². The molecule has 0 aromatic heterocycles. The Morgan fingerprint density at radius 1 is 1.14 bits per heavy atom. The maximum absolute atomic E-state index is 11.0. The third-order valence-corrected chi connectivity index (χ3v) is 3.53. The fourth-order valence-electron chi connectivity index (χ4n) is 2.31. The van der Waals surface area contributed by atoms with Gasteiger partial charge >= 0.3 is 5.97 Å². The molecule has 1 heterocycles. The molecule has 3 nitrogen and oxygen atoms in total. The molecule has 0 aromatic carbocycles. The fourth-order valence-corrected chi connectivity index (χ4v) is 2.31. The molecule has 2 fully saturated rings. The lowest BCUT2D eigenvalue weighted by Crippen LogP contribution is -2.35. The molecule has 80 valence electrons. The highest BCUT2D eigenvalue weighted by Crippen LogP contribution is 2.46. The third-order valence-electron chi connectivity index (χ3n) is 3.53. The van der Waals surface area contributed by atoms with Gasteiger partial charge in [0.1, 0.15) is 0 Å². The van der Waals surface area contributed by atoms with Crippen LogP contribution in [0.5, 0.6) is 0 Å². The van der Waals surface area contributed by atoms with E-state index in [2.05, 4.69) is 4.90 Å². The van der Waals surface area contributed by atoms with Crippen molar-refractivity contribution in [3.05, 3.63) is 0 Å². The van der Waals surface area contributed by atoms with E-state index in [4.69, 9.17) is 5.11 Å². The van der Waals surface area contributed by atoms with Crippen molar-refractivity contribution in [2.24, 2.45) is 5.41 Å². The van der Waals surface area contributed by atoms with Gasteiger partial charge in [0.15, 0.2) is 0 Å². The lowest BCUT2D eigenvalue weighted by molar-refractivity contribution is -0.144. The van der Waals surface area contributed by atoms with Crippen molar-refractivity contribution in [2.45, 2.75) is 38.5 Å². The Hall–Kier alpha value is -0.570. The molecule has 0 aromatic rings. The SMILES string of the molecule is O=C(O)C1(CN2CCCCCC2)CC1. The summed E-state index contributed by atoms with van der Waals surface area (Å²) in [5.74, 6) is -0.582. The van der Waals surface area contributed by atoms with Crippen molar-refractivity contribution >= 4 is 5.97 Å². The van der Waals surface area contributed by atoms with Gasteiger partial charge in [-0.05, 0) is 38.8 Å². The van der Waals surface area contributed by atoms with E-state index < -0.39 is 5.97 Å². The number of hydrogen-bond acceptors (Lipinski definition) is 2. The van der Waals surface area contributed by atoms with Crippen LogP contribution in [0.3, 0.4) is 0 Å². The van der Waals surface area contributed by atoms with Crippen LogP contribution in [-0.4, -0.2) is 35.6 Å². The molecule has 0 radical (unpaired) electrons. The van der Waals surface area contributed by atoms with E-state index in [0.717, 1.165) is 32.5 Å². The average Bonchev–Trinajstić information content (AvgIpc) is 2.91. The molecule has 0 bridgehead atoms. The summed E-state index contributed by atoms with van der Waals surface area (Å²) >= 11 is 0. The second kappa shape index (κ2) is 3.89. The van der Waals surface area contributed by atoms with Crippen LogP contribution < -0.4 is 0 Å². The minimum Gasteiger partial charge on any atom is -0.481 e. The van der Waals surface area contributed by atoms with Crippen LogP contribution in [0.4, 0.5) is 0 Å². The third kappa shape index (κ3) is 2.08. The zero-order valence-corrected chi connectivity index (χ0v) is 8.67. The lowest BCUT2D eigenvalue weighted by Gasteiger charge is -2.23. The van der Waals surface area contributed by atoms with Gasteiger partial charge in [-0.3, -0.25) is 4.79 Å². The molecule has 2 rings (SSSR count). The summed E-state index contributed by atoms with van der Waals surface area (Å²) in [6, 6.07) is 0. The van der Waals surface area contributed by atoms with Gasteiger partial charge in [0.05, 0.1) is 5.41 Å². The number of hydrogen-bond donors (Lipinski definition) is 1. The first kappa shape index (κ1) is 9.97. The van der Waals surface area contributed by atoms with Crippen LogP contribution in [0, 0.1) is 5.41 Å². The molecule has 1 N–H and O–H groups in total. The Balaban J connectivity index is 1.86. The molecule has 0 spiro atoms. The number of nitrogens with zero attached hydrogens (tertiary/aromatic N) is 1. The maximum atomic E-state index is 11.0. The van der Waals surface area contributed by atoms with Crippen LogP contribution >= 0.6 is 0 Å². The van der Waals surface area contributed by atoms with Gasteiger partial charge in [-0.25, -0.2) is 0 Å². The molecule has 1 aliphatic carbocycles. The highest BCUT2D eigenvalue weighted by molar-refractivity contribution is 5.78. The van der Waals surface area contributed by atoms with Crippen molar-refractivity contribution in [1.29, 1.82) is 0 Å². The summed E-state index contributed by atoms with van der Waals surface area (Å²) < 4.78 is 0. The van der Waals surface area contributed by atoms with Crippen LogP contribution in [0.1, 0.15) is 38.5 Å². The zero-order chi connectivity index (χ0) is 10.0. The number of carboxylic acids is 1. The van der Waals surface area contributed by atoms with E-state index in [0.29, 0.717) is 0 Å². The first-order valence-corrected chi connectivity index (χ1v) is 5.69. The average molecular weight is 197 g/mol. The largest absolute Gasteiger partial charge is 0.481 e. The summed E-state index contributed by atoms with van der Waals surface area (Å²) in [6.07, 6.45) is 6.90. The highest BCUT2D eigenvalue weighted by Gasteiger charge is 2.50. The summed E-state index contributed by atoms with van der Waals surface area (Å²) in [4.78, 5) is 13.4. The smallest absolute Gasteiger partial charge is 0.310 e. The molecule has 0 amide bonds. The van der Waals surface area contributed by atoms with E-state index in [-0.39, 0.29) is 5.41 Å². The first-order valence-electron chi connectivity index (χ1n) is 5.69. The summed E-state index contributed by atoms with van der Waals surface area (Å²) in [5.41, 5.74) is -0.357. The van der Waals surface area contributed by atoms with E-state index in [1.807, 2.05) is 0 Å². The van der Waals surface area contributed by atoms with Gasteiger partial charge in [-0.15, -0.1) is 0 Å². The predicted octanol–water partition coefficient (Wildman–Crippen LogP) is 1.73. The Morgan fingerprint density at radius 3 is 2.14 bits per heavy atom. The summed E-state index contributed by atoms with van der Waals surface area (Å²) in [5, 5.41) is 9.08. The van der Waals surface area contributed by atoms with Crippen molar-refractivity contribution in [3.8, 4) is 0 Å². The van der Waals surface area contributed by atoms with Gasteiger partial charge in [0, 0.05) is 6.54 Å². The maximum Gasteiger partial charge on any atom is 0.310 e. The molecule has 3 heteroatoms. The summed E-state index contributed by atoms with van der Waals surface area (Å²) in [6.45, 7) is 3.01. The molecule has 2 aliphatic rings. The first-order chi connectivity index (χ1) is 6.73. The lowest BCUT2D eigenvalue weighted by atomic mass is 10.1. The van der Waals surface area contributed by atoms with E-state index in [1.54, 1.807) is 0 Å². The number of carbonyl (C=O) groups is 1. The Morgan fingerprint density at radius 2 is 1.71 bits per heavy atom. The number of rotatable bonds is 3. The normalized spacial score (nSPS) is 26.9. The zero-order valence-electron chi connectivity index (χ0n) is 8.67. The number of carboxylic acid groups (broad SMARTS) is 1. The van der Waals surface area contributed by atoms with Crippen LogP contribution in [-0.2, 0) is 4.79 Å². The van der Waals surface area contributed by atoms with Gasteiger partial charge in [-0.2, -0.15) is 0 Å². The van der Waals surface area contributed by atoms with Crippen LogP contribution in [0.25, 0.3) is 0 Å². The van der Waals surface area contributed by atoms with Crippen LogP contribution in [0.2, 0.25) is 0 Å². The fraction of sp³-hybridized carbons (Fsp3) is 0.909. The minimum atomic E-state index is -0.582. The predicted molar refractivity (Wildman–Crippen MR) is 54.2 cm³/mol. The molecule has 0 atom stereocenters. The molecule has 14 heavy (non-hydrogen) atoms. The second-order valence-electron chi connectivity index (χ2n) is 4.78. The summed E-state index contributed by atoms with van der Waals surface area (Å²) in [7, 11) is 0. The molecule has 1 aliphatic heterocycles. The molecular weight excluding hydrogens is 178 g/mol. The monoisotopic (exact) mass is 197 g/mol. The highest BCUT2D eigenvalue weighted by atomic mass is 16.4. The van der Waals surface area contributed by atoms with E-state index in [9.17, 15) is 4.79 Å². The molecule has 1 saturated carbocycles. The van der Waals surface area contributed by atoms with E-state index >= 15 is 0 Å². The van der Waals surface area contributed by atoms with Gasteiger partial charge in [0.2, 0.25) is 0 Å². The number of likely N-dealkylation sites (tertiary alicyclic amines) is 1. The topological polar surface area (TPSA) is 40.5 Å². The molecule has 1 saturated heterocycles. The minimum absolute atomic E-state index is 0.357.